The summed E-state index contributed by atoms with van der Waals surface area (Å²) in [4.78, 5) is 27.1. The van der Waals surface area contributed by atoms with Gasteiger partial charge in [0.1, 0.15) is 6.04 Å². The average Bonchev–Trinajstić information content (AvgIpc) is 2.68. The Morgan fingerprint density at radius 2 is 1.79 bits per heavy atom. The first-order chi connectivity index (χ1) is 13.8. The molecule has 0 saturated carbocycles. The standard InChI is InChI=1S/C22H26ClFN2O3/c1-4-19(22(28)25-15(2)3)26(13-16-9-11-17(23)12-10-16)21(27)14-29-20-8-6-5-7-18(20)24/h5-12,15,19H,4,13-14H2,1-3H3,(H,25,28)/t19-/m1/s1. The van der Waals surface area contributed by atoms with Crippen molar-refractivity contribution < 1.29 is 18.7 Å². The number of amides is 2. The van der Waals surface area contributed by atoms with Gasteiger partial charge in [-0.05, 0) is 50.1 Å². The van der Waals surface area contributed by atoms with Crippen LogP contribution in [0.15, 0.2) is 48.5 Å². The van der Waals surface area contributed by atoms with Crippen LogP contribution in [0.4, 0.5) is 4.39 Å². The fraction of sp³-hybridized carbons (Fsp3) is 0.364. The molecule has 2 amide bonds. The number of ether oxygens (including phenoxy) is 1. The highest BCUT2D eigenvalue weighted by Gasteiger charge is 2.29. The van der Waals surface area contributed by atoms with Crippen LogP contribution in [-0.4, -0.2) is 35.4 Å². The van der Waals surface area contributed by atoms with Crippen LogP contribution in [0.5, 0.6) is 5.75 Å². The lowest BCUT2D eigenvalue weighted by Crippen LogP contribution is -2.51. The van der Waals surface area contributed by atoms with E-state index in [4.69, 9.17) is 16.3 Å². The van der Waals surface area contributed by atoms with Crippen molar-refractivity contribution in [2.45, 2.75) is 45.8 Å². The van der Waals surface area contributed by atoms with E-state index >= 15 is 0 Å². The Bertz CT molecular complexity index is 827. The van der Waals surface area contributed by atoms with Gasteiger partial charge < -0.3 is 15.0 Å². The number of carbonyl (C=O) groups is 2. The highest BCUT2D eigenvalue weighted by molar-refractivity contribution is 6.30. The molecule has 0 aliphatic rings. The van der Waals surface area contributed by atoms with Gasteiger partial charge in [-0.1, -0.05) is 42.8 Å². The number of benzene rings is 2. The summed E-state index contributed by atoms with van der Waals surface area (Å²) in [5.41, 5.74) is 0.824. The molecule has 0 unspecified atom stereocenters. The molecule has 0 spiro atoms. The van der Waals surface area contributed by atoms with Crippen molar-refractivity contribution in [3.05, 3.63) is 64.9 Å². The number of hydrogen-bond donors (Lipinski definition) is 1. The van der Waals surface area contributed by atoms with Crippen LogP contribution >= 0.6 is 11.6 Å². The molecule has 29 heavy (non-hydrogen) atoms. The molecule has 7 heteroatoms. The zero-order valence-corrected chi connectivity index (χ0v) is 17.6. The summed E-state index contributed by atoms with van der Waals surface area (Å²) in [5, 5.41) is 3.43. The lowest BCUT2D eigenvalue weighted by Gasteiger charge is -2.31. The Labute approximate surface area is 175 Å². The van der Waals surface area contributed by atoms with E-state index < -0.39 is 17.8 Å². The van der Waals surface area contributed by atoms with Crippen LogP contribution in [0.2, 0.25) is 5.02 Å². The number of nitrogens with one attached hydrogen (secondary N) is 1. The molecule has 0 radical (unpaired) electrons. The maximum Gasteiger partial charge on any atom is 0.261 e. The van der Waals surface area contributed by atoms with Gasteiger partial charge in [-0.15, -0.1) is 0 Å². The van der Waals surface area contributed by atoms with Crippen molar-refractivity contribution >= 4 is 23.4 Å². The molecule has 1 atom stereocenters. The Balaban J connectivity index is 2.21. The van der Waals surface area contributed by atoms with E-state index in [-0.39, 0.29) is 30.9 Å². The largest absolute Gasteiger partial charge is 0.481 e. The number of halogens is 2. The molecule has 1 N–H and O–H groups in total. The summed E-state index contributed by atoms with van der Waals surface area (Å²) in [6, 6.07) is 12.2. The Morgan fingerprint density at radius 1 is 1.14 bits per heavy atom. The second kappa shape index (κ2) is 10.8. The van der Waals surface area contributed by atoms with Gasteiger partial charge in [0.25, 0.3) is 5.91 Å². The monoisotopic (exact) mass is 420 g/mol. The summed E-state index contributed by atoms with van der Waals surface area (Å²) < 4.78 is 19.2. The van der Waals surface area contributed by atoms with E-state index in [0.29, 0.717) is 11.4 Å². The molecule has 0 aromatic heterocycles. The highest BCUT2D eigenvalue weighted by Crippen LogP contribution is 2.18. The van der Waals surface area contributed by atoms with Gasteiger partial charge in [0.2, 0.25) is 5.91 Å². The molecule has 0 bridgehead atoms. The third-order valence-electron chi connectivity index (χ3n) is 4.27. The average molecular weight is 421 g/mol. The first-order valence-electron chi connectivity index (χ1n) is 9.53. The van der Waals surface area contributed by atoms with Gasteiger partial charge in [0.05, 0.1) is 0 Å². The molecular formula is C22H26ClFN2O3. The topological polar surface area (TPSA) is 58.6 Å². The van der Waals surface area contributed by atoms with Crippen LogP contribution in [0.3, 0.4) is 0 Å². The predicted octanol–water partition coefficient (Wildman–Crippen LogP) is 4.19. The highest BCUT2D eigenvalue weighted by atomic mass is 35.5. The number of nitrogens with zero attached hydrogens (tertiary/aromatic N) is 1. The van der Waals surface area contributed by atoms with Crippen LogP contribution in [-0.2, 0) is 16.1 Å². The first-order valence-corrected chi connectivity index (χ1v) is 9.91. The van der Waals surface area contributed by atoms with E-state index in [9.17, 15) is 14.0 Å². The third-order valence-corrected chi connectivity index (χ3v) is 4.52. The molecule has 0 aliphatic heterocycles. The van der Waals surface area contributed by atoms with Gasteiger partial charge in [-0.2, -0.15) is 0 Å². The van der Waals surface area contributed by atoms with Crippen molar-refractivity contribution in [3.63, 3.8) is 0 Å². The van der Waals surface area contributed by atoms with Crippen molar-refractivity contribution in [1.82, 2.24) is 10.2 Å². The van der Waals surface area contributed by atoms with Crippen molar-refractivity contribution in [2.24, 2.45) is 0 Å². The summed E-state index contributed by atoms with van der Waals surface area (Å²) in [6.07, 6.45) is 0.428. The van der Waals surface area contributed by atoms with Gasteiger partial charge in [0, 0.05) is 17.6 Å². The van der Waals surface area contributed by atoms with Crippen molar-refractivity contribution in [1.29, 1.82) is 0 Å². The van der Waals surface area contributed by atoms with Crippen LogP contribution in [0, 0.1) is 5.82 Å². The maximum atomic E-state index is 13.8. The minimum atomic E-state index is -0.676. The Kier molecular flexibility index (Phi) is 8.46. The summed E-state index contributed by atoms with van der Waals surface area (Å²) in [7, 11) is 0. The van der Waals surface area contributed by atoms with Crippen LogP contribution in [0.1, 0.15) is 32.8 Å². The molecule has 2 aromatic carbocycles. The molecule has 0 aliphatic carbocycles. The molecule has 2 aromatic rings. The predicted molar refractivity (Wildman–Crippen MR) is 111 cm³/mol. The molecule has 0 heterocycles. The van der Waals surface area contributed by atoms with Gasteiger partial charge in [0.15, 0.2) is 18.2 Å². The molecule has 0 fully saturated rings. The smallest absolute Gasteiger partial charge is 0.261 e. The van der Waals surface area contributed by atoms with Crippen molar-refractivity contribution in [2.75, 3.05) is 6.61 Å². The zero-order chi connectivity index (χ0) is 21.4. The SMILES string of the molecule is CC[C@H](C(=O)NC(C)C)N(Cc1ccc(Cl)cc1)C(=O)COc1ccccc1F. The number of hydrogen-bond acceptors (Lipinski definition) is 3. The summed E-state index contributed by atoms with van der Waals surface area (Å²) in [6.45, 7) is 5.39. The lowest BCUT2D eigenvalue weighted by atomic mass is 10.1. The minimum absolute atomic E-state index is 0.00743. The van der Waals surface area contributed by atoms with E-state index in [1.807, 2.05) is 20.8 Å². The van der Waals surface area contributed by atoms with Crippen LogP contribution < -0.4 is 10.1 Å². The zero-order valence-electron chi connectivity index (χ0n) is 16.8. The normalized spacial score (nSPS) is 11.8. The van der Waals surface area contributed by atoms with Crippen LogP contribution in [0.25, 0.3) is 0 Å². The second-order valence-corrected chi connectivity index (χ2v) is 7.39. The van der Waals surface area contributed by atoms with Gasteiger partial charge in [-0.25, -0.2) is 4.39 Å². The number of rotatable bonds is 9. The molecule has 2 rings (SSSR count). The van der Waals surface area contributed by atoms with E-state index in [1.165, 1.54) is 17.0 Å². The molecule has 156 valence electrons. The molecular weight excluding hydrogens is 395 g/mol. The van der Waals surface area contributed by atoms with E-state index in [0.717, 1.165) is 5.56 Å². The van der Waals surface area contributed by atoms with Gasteiger partial charge in [-0.3, -0.25) is 9.59 Å². The molecule has 5 nitrogen and oxygen atoms in total. The van der Waals surface area contributed by atoms with E-state index in [2.05, 4.69) is 5.32 Å². The Morgan fingerprint density at radius 3 is 2.38 bits per heavy atom. The summed E-state index contributed by atoms with van der Waals surface area (Å²) >= 11 is 5.94. The lowest BCUT2D eigenvalue weighted by molar-refractivity contribution is -0.143. The number of para-hydroxylation sites is 1. The Hall–Kier alpha value is -2.60. The second-order valence-electron chi connectivity index (χ2n) is 6.95. The third kappa shape index (κ3) is 6.75. The number of carbonyl (C=O) groups excluding carboxylic acids is 2. The fourth-order valence-electron chi connectivity index (χ4n) is 2.87. The molecule has 0 saturated heterocycles. The van der Waals surface area contributed by atoms with E-state index in [1.54, 1.807) is 36.4 Å². The quantitative estimate of drug-likeness (QED) is 0.661. The van der Waals surface area contributed by atoms with Gasteiger partial charge >= 0.3 is 0 Å². The first kappa shape index (κ1) is 22.7. The fourth-order valence-corrected chi connectivity index (χ4v) is 3.00. The van der Waals surface area contributed by atoms with Crippen molar-refractivity contribution in [3.8, 4) is 5.75 Å². The summed E-state index contributed by atoms with van der Waals surface area (Å²) in [5.74, 6) is -1.20. The maximum absolute atomic E-state index is 13.8. The minimum Gasteiger partial charge on any atom is -0.481 e.